The number of hydrogen-bond acceptors (Lipinski definition) is 6. The number of ketones is 1. The molecule has 152 valence electrons. The molecular formula is C23H22N4O2S. The molecule has 3 N–H and O–H groups in total. The van der Waals surface area contributed by atoms with Gasteiger partial charge in [-0.25, -0.2) is 9.97 Å². The van der Waals surface area contributed by atoms with Crippen molar-refractivity contribution in [1.82, 2.24) is 15.0 Å². The molecule has 2 aromatic carbocycles. The summed E-state index contributed by atoms with van der Waals surface area (Å²) in [5, 5.41) is 2.33. The Morgan fingerprint density at radius 2 is 1.87 bits per heavy atom. The van der Waals surface area contributed by atoms with E-state index in [1.807, 2.05) is 53.9 Å². The molecule has 0 unspecified atom stereocenters. The number of H-pyrrole nitrogens is 1. The van der Waals surface area contributed by atoms with Crippen molar-refractivity contribution in [1.29, 1.82) is 0 Å². The van der Waals surface area contributed by atoms with Crippen molar-refractivity contribution in [2.75, 3.05) is 12.3 Å². The fourth-order valence-electron chi connectivity index (χ4n) is 3.22. The van der Waals surface area contributed by atoms with E-state index in [4.69, 9.17) is 10.5 Å². The molecule has 4 aromatic rings. The summed E-state index contributed by atoms with van der Waals surface area (Å²) in [7, 11) is 0. The van der Waals surface area contributed by atoms with Gasteiger partial charge in [0, 0.05) is 30.2 Å². The molecule has 0 spiro atoms. The van der Waals surface area contributed by atoms with Crippen LogP contribution in [0.5, 0.6) is 5.75 Å². The number of rotatable bonds is 9. The highest BCUT2D eigenvalue weighted by Gasteiger charge is 2.09. The van der Waals surface area contributed by atoms with Gasteiger partial charge in [-0.05, 0) is 23.3 Å². The Bertz CT molecular complexity index is 1100. The van der Waals surface area contributed by atoms with Crippen molar-refractivity contribution in [2.45, 2.75) is 19.3 Å². The lowest BCUT2D eigenvalue weighted by Crippen LogP contribution is -2.07. The quantitative estimate of drug-likeness (QED) is 0.427. The second kappa shape index (κ2) is 9.37. The van der Waals surface area contributed by atoms with Crippen LogP contribution in [0.4, 0.5) is 5.13 Å². The largest absolute Gasteiger partial charge is 0.493 e. The maximum Gasteiger partial charge on any atom is 0.180 e. The van der Waals surface area contributed by atoms with Crippen LogP contribution in [0.2, 0.25) is 0 Å². The summed E-state index contributed by atoms with van der Waals surface area (Å²) in [6, 6.07) is 16.0. The smallest absolute Gasteiger partial charge is 0.180 e. The lowest BCUT2D eigenvalue weighted by molar-refractivity contribution is -0.117. The molecule has 0 aliphatic heterocycles. The highest BCUT2D eigenvalue weighted by molar-refractivity contribution is 7.13. The number of imidazole rings is 1. The van der Waals surface area contributed by atoms with Crippen LogP contribution in [0.3, 0.4) is 0 Å². The number of thiazole rings is 1. The number of anilines is 1. The molecule has 4 rings (SSSR count). The van der Waals surface area contributed by atoms with Crippen molar-refractivity contribution in [3.8, 4) is 17.0 Å². The van der Waals surface area contributed by atoms with Crippen molar-refractivity contribution in [3.63, 3.8) is 0 Å². The third-order valence-electron chi connectivity index (χ3n) is 4.70. The van der Waals surface area contributed by atoms with Crippen LogP contribution in [0, 0.1) is 0 Å². The van der Waals surface area contributed by atoms with E-state index in [9.17, 15) is 4.79 Å². The molecule has 0 atom stereocenters. The molecule has 7 heteroatoms. The molecule has 0 radical (unpaired) electrons. The molecule has 2 heterocycles. The first kappa shape index (κ1) is 19.8. The molecule has 2 aromatic heterocycles. The number of Topliss-reactive ketones (excluding diaryl/α,β-unsaturated/α-hetero) is 1. The molecule has 0 aliphatic rings. The summed E-state index contributed by atoms with van der Waals surface area (Å²) in [4.78, 5) is 23.6. The van der Waals surface area contributed by atoms with Crippen LogP contribution in [0.1, 0.15) is 16.8 Å². The number of carbonyl (C=O) groups is 1. The fourth-order valence-corrected chi connectivity index (χ4v) is 3.78. The number of ether oxygens (including phenoxy) is 1. The second-order valence-corrected chi connectivity index (χ2v) is 7.84. The van der Waals surface area contributed by atoms with Crippen molar-refractivity contribution in [2.24, 2.45) is 0 Å². The van der Waals surface area contributed by atoms with Crippen LogP contribution in [0.25, 0.3) is 11.3 Å². The van der Waals surface area contributed by atoms with Crippen LogP contribution in [0.15, 0.2) is 66.4 Å². The lowest BCUT2D eigenvalue weighted by Gasteiger charge is -2.10. The lowest BCUT2D eigenvalue weighted by atomic mass is 10.0. The summed E-state index contributed by atoms with van der Waals surface area (Å²) in [5.41, 5.74) is 10.4. The minimum atomic E-state index is 0.131. The highest BCUT2D eigenvalue weighted by Crippen LogP contribution is 2.28. The number of nitrogens with one attached hydrogen (secondary N) is 1. The number of para-hydroxylation sites is 1. The van der Waals surface area contributed by atoms with Gasteiger partial charge in [0.25, 0.3) is 0 Å². The van der Waals surface area contributed by atoms with Crippen LogP contribution < -0.4 is 10.5 Å². The van der Waals surface area contributed by atoms with Gasteiger partial charge in [-0.3, -0.25) is 4.79 Å². The summed E-state index contributed by atoms with van der Waals surface area (Å²) in [6.07, 6.45) is 4.94. The monoisotopic (exact) mass is 418 g/mol. The molecule has 0 bridgehead atoms. The van der Waals surface area contributed by atoms with Crippen LogP contribution >= 0.6 is 11.3 Å². The van der Waals surface area contributed by atoms with E-state index in [1.165, 1.54) is 11.3 Å². The first-order chi connectivity index (χ1) is 14.7. The van der Waals surface area contributed by atoms with E-state index in [2.05, 4.69) is 15.0 Å². The Balaban J connectivity index is 1.29. The van der Waals surface area contributed by atoms with E-state index in [0.29, 0.717) is 24.6 Å². The van der Waals surface area contributed by atoms with Crippen LogP contribution in [-0.2, 0) is 24.1 Å². The summed E-state index contributed by atoms with van der Waals surface area (Å²) in [5.74, 6) is 0.957. The predicted octanol–water partition coefficient (Wildman–Crippen LogP) is 4.09. The Labute approximate surface area is 178 Å². The summed E-state index contributed by atoms with van der Waals surface area (Å²) in [6.45, 7) is 0.564. The Kier molecular flexibility index (Phi) is 6.20. The summed E-state index contributed by atoms with van der Waals surface area (Å²) < 4.78 is 6.01. The highest BCUT2D eigenvalue weighted by atomic mass is 32.1. The number of nitrogen functional groups attached to an aromatic ring is 1. The zero-order valence-corrected chi connectivity index (χ0v) is 17.2. The Hall–Kier alpha value is -3.45. The molecule has 0 saturated heterocycles. The number of benzene rings is 2. The van der Waals surface area contributed by atoms with Gasteiger partial charge >= 0.3 is 0 Å². The van der Waals surface area contributed by atoms with Crippen molar-refractivity contribution >= 4 is 22.3 Å². The average Bonchev–Trinajstić information content (AvgIpc) is 3.42. The fraction of sp³-hybridized carbons (Fsp3) is 0.174. The minimum absolute atomic E-state index is 0.131. The number of carbonyl (C=O) groups excluding carboxylic acids is 1. The first-order valence-electron chi connectivity index (χ1n) is 9.67. The number of hydrogen-bond donors (Lipinski definition) is 2. The van der Waals surface area contributed by atoms with E-state index in [1.54, 1.807) is 12.5 Å². The summed E-state index contributed by atoms with van der Waals surface area (Å²) >= 11 is 1.36. The van der Waals surface area contributed by atoms with E-state index >= 15 is 0 Å². The molecule has 30 heavy (non-hydrogen) atoms. The number of aromatic nitrogens is 3. The van der Waals surface area contributed by atoms with E-state index in [0.717, 1.165) is 40.2 Å². The Morgan fingerprint density at radius 3 is 2.60 bits per heavy atom. The molecule has 6 nitrogen and oxygen atoms in total. The van der Waals surface area contributed by atoms with Gasteiger partial charge in [0.15, 0.2) is 5.13 Å². The van der Waals surface area contributed by atoms with E-state index < -0.39 is 0 Å². The normalized spacial score (nSPS) is 10.8. The molecule has 0 amide bonds. The number of nitrogens with zero attached hydrogens (tertiary/aromatic N) is 2. The minimum Gasteiger partial charge on any atom is -0.493 e. The second-order valence-electron chi connectivity index (χ2n) is 6.95. The molecular weight excluding hydrogens is 396 g/mol. The van der Waals surface area contributed by atoms with Gasteiger partial charge in [-0.2, -0.15) is 0 Å². The SMILES string of the molecule is Nc1nc(CC(=O)Cc2ccc(CCOc3ccccc3-c3cnc[nH]3)cc2)cs1. The molecule has 0 aliphatic carbocycles. The van der Waals surface area contributed by atoms with Crippen molar-refractivity contribution < 1.29 is 9.53 Å². The van der Waals surface area contributed by atoms with Crippen LogP contribution in [-0.4, -0.2) is 27.3 Å². The van der Waals surface area contributed by atoms with Gasteiger partial charge in [-0.1, -0.05) is 36.4 Å². The predicted molar refractivity (Wildman–Crippen MR) is 119 cm³/mol. The Morgan fingerprint density at radius 1 is 1.07 bits per heavy atom. The maximum atomic E-state index is 12.2. The molecule has 0 saturated carbocycles. The third kappa shape index (κ3) is 5.12. The average molecular weight is 419 g/mol. The zero-order chi connectivity index (χ0) is 20.8. The topological polar surface area (TPSA) is 93.9 Å². The van der Waals surface area contributed by atoms with E-state index in [-0.39, 0.29) is 5.78 Å². The van der Waals surface area contributed by atoms with Crippen molar-refractivity contribution in [3.05, 3.63) is 83.3 Å². The zero-order valence-electron chi connectivity index (χ0n) is 16.4. The standard InChI is InChI=1S/C23H22N4O2S/c24-23-27-18(14-30-23)12-19(28)11-17-7-5-16(6-8-17)9-10-29-22-4-2-1-3-20(22)21-13-25-15-26-21/h1-8,13-15H,9-12H2,(H2,24,27)(H,25,26). The first-order valence-corrected chi connectivity index (χ1v) is 10.6. The van der Waals surface area contributed by atoms with Gasteiger partial charge < -0.3 is 15.5 Å². The van der Waals surface area contributed by atoms with Gasteiger partial charge in [0.05, 0.1) is 30.5 Å². The van der Waals surface area contributed by atoms with Gasteiger partial charge in [0.1, 0.15) is 11.5 Å². The van der Waals surface area contributed by atoms with Gasteiger partial charge in [-0.15, -0.1) is 11.3 Å². The van der Waals surface area contributed by atoms with Gasteiger partial charge in [0.2, 0.25) is 0 Å². The molecule has 0 fully saturated rings. The number of aromatic amines is 1. The maximum absolute atomic E-state index is 12.2. The third-order valence-corrected chi connectivity index (χ3v) is 5.42. The number of nitrogens with two attached hydrogens (primary N) is 1.